The largest absolute Gasteiger partial charge is 0.508 e. The van der Waals surface area contributed by atoms with Gasteiger partial charge in [-0.2, -0.15) is 0 Å². The first-order chi connectivity index (χ1) is 17.4. The molecule has 7 heteroatoms. The molecule has 0 aliphatic rings. The van der Waals surface area contributed by atoms with E-state index in [1.165, 1.54) is 7.11 Å². The number of carbonyl (C=O) groups is 1. The summed E-state index contributed by atoms with van der Waals surface area (Å²) in [6.07, 6.45) is 0.736. The number of carbonyl (C=O) groups excluding carboxylic acids is 1. The first-order valence-corrected chi connectivity index (χ1v) is 12.1. The van der Waals surface area contributed by atoms with E-state index >= 15 is 0 Å². The molecule has 0 bridgehead atoms. The number of aromatic hydroxyl groups is 1. The van der Waals surface area contributed by atoms with Crippen LogP contribution in [0.5, 0.6) is 17.2 Å². The van der Waals surface area contributed by atoms with Crippen LogP contribution in [0.25, 0.3) is 0 Å². The lowest BCUT2D eigenvalue weighted by molar-refractivity contribution is -0.142. The number of hydrogen-bond donors (Lipinski definition) is 2. The Morgan fingerprint density at radius 2 is 1.58 bits per heavy atom. The second kappa shape index (κ2) is 14.1. The molecule has 192 valence electrons. The van der Waals surface area contributed by atoms with E-state index in [-0.39, 0.29) is 25.0 Å². The number of rotatable bonds is 14. The molecule has 3 rings (SSSR count). The van der Waals surface area contributed by atoms with Gasteiger partial charge in [-0.25, -0.2) is 4.79 Å². The highest BCUT2D eigenvalue weighted by Crippen LogP contribution is 2.19. The Morgan fingerprint density at radius 3 is 2.28 bits per heavy atom. The van der Waals surface area contributed by atoms with Gasteiger partial charge >= 0.3 is 5.97 Å². The average molecular weight is 494 g/mol. The lowest BCUT2D eigenvalue weighted by Crippen LogP contribution is -2.43. The van der Waals surface area contributed by atoms with Gasteiger partial charge in [0.15, 0.2) is 6.61 Å². The van der Waals surface area contributed by atoms with Crippen molar-refractivity contribution < 1.29 is 29.2 Å². The van der Waals surface area contributed by atoms with Gasteiger partial charge < -0.3 is 24.4 Å². The summed E-state index contributed by atoms with van der Waals surface area (Å²) in [6, 6.07) is 24.5. The zero-order valence-electron chi connectivity index (χ0n) is 20.9. The van der Waals surface area contributed by atoms with Crippen molar-refractivity contribution in [3.8, 4) is 17.2 Å². The monoisotopic (exact) mass is 493 g/mol. The van der Waals surface area contributed by atoms with Crippen molar-refractivity contribution in [1.82, 2.24) is 4.90 Å². The van der Waals surface area contributed by atoms with Crippen LogP contribution < -0.4 is 9.47 Å². The molecular weight excluding hydrogens is 458 g/mol. The molecule has 7 nitrogen and oxygen atoms in total. The van der Waals surface area contributed by atoms with Crippen molar-refractivity contribution in [2.24, 2.45) is 0 Å². The summed E-state index contributed by atoms with van der Waals surface area (Å²) >= 11 is 0. The Hall–Kier alpha value is -3.55. The van der Waals surface area contributed by atoms with Crippen LogP contribution in [0.3, 0.4) is 0 Å². The van der Waals surface area contributed by atoms with E-state index in [0.29, 0.717) is 25.3 Å². The SMILES string of the molecule is COC(=O)COc1ccc(C[C@@H](C)N(CCc2ccccc2O)C[C@H](O)COc2ccccc2)cc1. The Morgan fingerprint density at radius 1 is 0.917 bits per heavy atom. The fourth-order valence-corrected chi connectivity index (χ4v) is 3.90. The summed E-state index contributed by atoms with van der Waals surface area (Å²) in [5, 5.41) is 20.9. The fourth-order valence-electron chi connectivity index (χ4n) is 3.90. The minimum Gasteiger partial charge on any atom is -0.508 e. The van der Waals surface area contributed by atoms with E-state index in [4.69, 9.17) is 9.47 Å². The first-order valence-electron chi connectivity index (χ1n) is 12.1. The van der Waals surface area contributed by atoms with Crippen LogP contribution in [0, 0.1) is 0 Å². The maximum absolute atomic E-state index is 11.3. The van der Waals surface area contributed by atoms with Crippen LogP contribution >= 0.6 is 0 Å². The number of benzene rings is 3. The predicted octanol–water partition coefficient (Wildman–Crippen LogP) is 3.86. The molecule has 3 aromatic rings. The van der Waals surface area contributed by atoms with Crippen molar-refractivity contribution in [2.45, 2.75) is 31.9 Å². The predicted molar refractivity (Wildman–Crippen MR) is 138 cm³/mol. The lowest BCUT2D eigenvalue weighted by atomic mass is 10.0. The van der Waals surface area contributed by atoms with Gasteiger partial charge in [-0.1, -0.05) is 48.5 Å². The molecule has 0 fully saturated rings. The molecule has 36 heavy (non-hydrogen) atoms. The average Bonchev–Trinajstić information content (AvgIpc) is 2.90. The number of hydrogen-bond acceptors (Lipinski definition) is 7. The quantitative estimate of drug-likeness (QED) is 0.330. The molecule has 0 amide bonds. The Labute approximate surface area is 212 Å². The number of esters is 1. The molecular formula is C29H35NO6. The number of methoxy groups -OCH3 is 1. The smallest absolute Gasteiger partial charge is 0.343 e. The number of nitrogens with zero attached hydrogens (tertiary/aromatic N) is 1. The molecule has 0 saturated carbocycles. The van der Waals surface area contributed by atoms with Gasteiger partial charge in [0.05, 0.1) is 7.11 Å². The number of phenolic OH excluding ortho intramolecular Hbond substituents is 1. The second-order valence-electron chi connectivity index (χ2n) is 8.71. The minimum absolute atomic E-state index is 0.115. The van der Waals surface area contributed by atoms with Gasteiger partial charge in [0.1, 0.15) is 30.0 Å². The first kappa shape index (κ1) is 27.0. The third-order valence-corrected chi connectivity index (χ3v) is 5.95. The van der Waals surface area contributed by atoms with Crippen LogP contribution in [0.2, 0.25) is 0 Å². The minimum atomic E-state index is -0.675. The normalized spacial score (nSPS) is 12.7. The molecule has 0 aromatic heterocycles. The summed E-state index contributed by atoms with van der Waals surface area (Å²) in [4.78, 5) is 13.5. The maximum atomic E-state index is 11.3. The standard InChI is InChI=1S/C29H35NO6/c1-22(18-23-12-14-27(15-13-23)36-21-29(33)34-2)30(17-16-24-8-6-7-11-28(24)32)19-25(31)20-35-26-9-4-3-5-10-26/h3-15,22,25,31-32H,16-21H2,1-2H3/t22-,25+/m1/s1. The third-order valence-electron chi connectivity index (χ3n) is 5.95. The molecule has 3 aromatic carbocycles. The second-order valence-corrected chi connectivity index (χ2v) is 8.71. The summed E-state index contributed by atoms with van der Waals surface area (Å²) in [7, 11) is 1.33. The van der Waals surface area contributed by atoms with Crippen LogP contribution in [0.1, 0.15) is 18.1 Å². The summed E-state index contributed by atoms with van der Waals surface area (Å²) in [5.41, 5.74) is 1.98. The highest BCUT2D eigenvalue weighted by molar-refractivity contribution is 5.70. The molecule has 0 aliphatic heterocycles. The third kappa shape index (κ3) is 8.91. The van der Waals surface area contributed by atoms with Gasteiger partial charge in [0.2, 0.25) is 0 Å². The molecule has 2 N–H and O–H groups in total. The molecule has 0 unspecified atom stereocenters. The number of aliphatic hydroxyl groups is 1. The van der Waals surface area contributed by atoms with E-state index in [1.54, 1.807) is 6.07 Å². The van der Waals surface area contributed by atoms with Crippen molar-refractivity contribution in [3.05, 3.63) is 90.0 Å². The summed E-state index contributed by atoms with van der Waals surface area (Å²) in [6.45, 7) is 3.28. The number of ether oxygens (including phenoxy) is 3. The molecule has 0 heterocycles. The zero-order valence-corrected chi connectivity index (χ0v) is 20.9. The summed E-state index contributed by atoms with van der Waals surface area (Å²) in [5.74, 6) is 1.17. The highest BCUT2D eigenvalue weighted by atomic mass is 16.6. The molecule has 0 aliphatic carbocycles. The molecule has 0 spiro atoms. The van der Waals surface area contributed by atoms with Gasteiger partial charge in [0.25, 0.3) is 0 Å². The maximum Gasteiger partial charge on any atom is 0.343 e. The lowest BCUT2D eigenvalue weighted by Gasteiger charge is -2.31. The van der Waals surface area contributed by atoms with Gasteiger partial charge in [-0.3, -0.25) is 4.90 Å². The molecule has 2 atom stereocenters. The van der Waals surface area contributed by atoms with Crippen LogP contribution in [0.4, 0.5) is 0 Å². The van der Waals surface area contributed by atoms with Crippen molar-refractivity contribution in [2.75, 3.05) is 33.4 Å². The topological polar surface area (TPSA) is 88.5 Å². The van der Waals surface area contributed by atoms with E-state index in [1.807, 2.05) is 72.8 Å². The van der Waals surface area contributed by atoms with Gasteiger partial charge in [-0.15, -0.1) is 0 Å². The van der Waals surface area contributed by atoms with E-state index < -0.39 is 12.1 Å². The van der Waals surface area contributed by atoms with Gasteiger partial charge in [0, 0.05) is 19.1 Å². The number of para-hydroxylation sites is 2. The van der Waals surface area contributed by atoms with Crippen molar-refractivity contribution in [3.63, 3.8) is 0 Å². The fraction of sp³-hybridized carbons (Fsp3) is 0.345. The highest BCUT2D eigenvalue weighted by Gasteiger charge is 2.19. The van der Waals surface area contributed by atoms with Crippen LogP contribution in [-0.4, -0.2) is 66.6 Å². The van der Waals surface area contributed by atoms with E-state index in [9.17, 15) is 15.0 Å². The Balaban J connectivity index is 1.61. The van der Waals surface area contributed by atoms with Crippen molar-refractivity contribution >= 4 is 5.97 Å². The van der Waals surface area contributed by atoms with Crippen LogP contribution in [-0.2, 0) is 22.4 Å². The van der Waals surface area contributed by atoms with Crippen molar-refractivity contribution in [1.29, 1.82) is 0 Å². The van der Waals surface area contributed by atoms with Crippen LogP contribution in [0.15, 0.2) is 78.9 Å². The van der Waals surface area contributed by atoms with E-state index in [0.717, 1.165) is 23.3 Å². The van der Waals surface area contributed by atoms with Gasteiger partial charge in [-0.05, 0) is 61.2 Å². The molecule has 0 saturated heterocycles. The Bertz CT molecular complexity index is 1060. The molecule has 0 radical (unpaired) electrons. The van der Waals surface area contributed by atoms with E-state index in [2.05, 4.69) is 16.6 Å². The number of phenols is 1. The summed E-state index contributed by atoms with van der Waals surface area (Å²) < 4.78 is 15.8. The zero-order chi connectivity index (χ0) is 25.8. The Kier molecular flexibility index (Phi) is 10.6. The number of aliphatic hydroxyl groups excluding tert-OH is 1.